The van der Waals surface area contributed by atoms with Crippen molar-refractivity contribution >= 4 is 11.6 Å². The van der Waals surface area contributed by atoms with E-state index in [1.54, 1.807) is 0 Å². The van der Waals surface area contributed by atoms with Crippen molar-refractivity contribution in [1.82, 2.24) is 0 Å². The van der Waals surface area contributed by atoms with Gasteiger partial charge in [0.15, 0.2) is 0 Å². The minimum absolute atomic E-state index is 0.167. The van der Waals surface area contributed by atoms with Crippen molar-refractivity contribution in [3.63, 3.8) is 0 Å². The van der Waals surface area contributed by atoms with Gasteiger partial charge in [-0.3, -0.25) is 0 Å². The maximum atomic E-state index is 5.97. The van der Waals surface area contributed by atoms with E-state index in [1.165, 1.54) is 0 Å². The van der Waals surface area contributed by atoms with E-state index < -0.39 is 0 Å². The van der Waals surface area contributed by atoms with Gasteiger partial charge in [0.2, 0.25) is 0 Å². The summed E-state index contributed by atoms with van der Waals surface area (Å²) in [5.74, 6) is 0.745. The van der Waals surface area contributed by atoms with Gasteiger partial charge in [0.25, 0.3) is 0 Å². The van der Waals surface area contributed by atoms with E-state index in [4.69, 9.17) is 22.1 Å². The average Bonchev–Trinajstić information content (AvgIpc) is 2.20. The molecule has 0 saturated carbocycles. The second kappa shape index (κ2) is 5.89. The van der Waals surface area contributed by atoms with Crippen LogP contribution >= 0.6 is 11.6 Å². The number of hydrogen-bond acceptors (Lipinski definition) is 2. The van der Waals surface area contributed by atoms with Gasteiger partial charge in [-0.1, -0.05) is 30.7 Å². The normalized spacial score (nSPS) is 12.5. The maximum Gasteiger partial charge on any atom is 0.138 e. The first-order chi connectivity index (χ1) is 6.77. The number of para-hydroxylation sites is 1. The Morgan fingerprint density at radius 2 is 2.14 bits per heavy atom. The van der Waals surface area contributed by atoms with E-state index in [1.807, 2.05) is 24.3 Å². The van der Waals surface area contributed by atoms with E-state index in [0.29, 0.717) is 11.6 Å². The first-order valence-corrected chi connectivity index (χ1v) is 5.27. The topological polar surface area (TPSA) is 35.2 Å². The lowest BCUT2D eigenvalue weighted by atomic mass is 10.2. The van der Waals surface area contributed by atoms with Gasteiger partial charge < -0.3 is 10.5 Å². The molecule has 0 spiro atoms. The van der Waals surface area contributed by atoms with Gasteiger partial charge in [0.1, 0.15) is 5.75 Å². The van der Waals surface area contributed by atoms with E-state index >= 15 is 0 Å². The van der Waals surface area contributed by atoms with E-state index in [0.717, 1.165) is 18.6 Å². The molecule has 0 heterocycles. The van der Waals surface area contributed by atoms with E-state index in [2.05, 4.69) is 6.92 Å². The van der Waals surface area contributed by atoms with Crippen LogP contribution in [0.3, 0.4) is 0 Å². The lowest BCUT2D eigenvalue weighted by Crippen LogP contribution is -2.19. The van der Waals surface area contributed by atoms with Crippen LogP contribution in [0, 0.1) is 0 Å². The Morgan fingerprint density at radius 1 is 1.43 bits per heavy atom. The Bertz CT molecular complexity index is 278. The van der Waals surface area contributed by atoms with Gasteiger partial charge in [-0.15, -0.1) is 0 Å². The summed E-state index contributed by atoms with van der Waals surface area (Å²) in [6, 6.07) is 7.50. The van der Waals surface area contributed by atoms with Crippen molar-refractivity contribution < 1.29 is 4.74 Å². The number of ether oxygens (including phenoxy) is 1. The van der Waals surface area contributed by atoms with Crippen molar-refractivity contribution in [2.75, 3.05) is 6.54 Å². The van der Waals surface area contributed by atoms with Crippen LogP contribution in [-0.2, 0) is 0 Å². The van der Waals surface area contributed by atoms with Gasteiger partial charge in [0.05, 0.1) is 11.1 Å². The van der Waals surface area contributed by atoms with Gasteiger partial charge in [0, 0.05) is 0 Å². The summed E-state index contributed by atoms with van der Waals surface area (Å²) in [4.78, 5) is 0. The molecular formula is C11H16ClNO. The van der Waals surface area contributed by atoms with Crippen LogP contribution in [0.15, 0.2) is 24.3 Å². The Kier molecular flexibility index (Phi) is 4.77. The minimum atomic E-state index is 0.167. The zero-order valence-corrected chi connectivity index (χ0v) is 9.13. The fourth-order valence-corrected chi connectivity index (χ4v) is 1.43. The van der Waals surface area contributed by atoms with E-state index in [9.17, 15) is 0 Å². The van der Waals surface area contributed by atoms with Gasteiger partial charge in [-0.2, -0.15) is 0 Å². The fourth-order valence-electron chi connectivity index (χ4n) is 1.25. The van der Waals surface area contributed by atoms with Crippen LogP contribution in [0.5, 0.6) is 5.75 Å². The predicted octanol–water partition coefficient (Wildman–Crippen LogP) is 2.85. The van der Waals surface area contributed by atoms with Crippen LogP contribution in [0.1, 0.15) is 19.8 Å². The number of halogens is 1. The predicted molar refractivity (Wildman–Crippen MR) is 59.8 cm³/mol. The van der Waals surface area contributed by atoms with Gasteiger partial charge >= 0.3 is 0 Å². The smallest absolute Gasteiger partial charge is 0.138 e. The Hall–Kier alpha value is -0.730. The standard InChI is InChI=1S/C11H16ClNO/c1-2-9(7-8-13)14-11-6-4-3-5-10(11)12/h3-6,9H,2,7-8,13H2,1H3. The minimum Gasteiger partial charge on any atom is -0.489 e. The quantitative estimate of drug-likeness (QED) is 0.817. The summed E-state index contributed by atoms with van der Waals surface area (Å²) >= 11 is 5.97. The van der Waals surface area contributed by atoms with Gasteiger partial charge in [-0.25, -0.2) is 0 Å². The largest absolute Gasteiger partial charge is 0.489 e. The molecule has 0 aliphatic carbocycles. The Morgan fingerprint density at radius 3 is 2.71 bits per heavy atom. The molecule has 0 aromatic heterocycles. The molecule has 0 aliphatic heterocycles. The summed E-state index contributed by atoms with van der Waals surface area (Å²) in [7, 11) is 0. The van der Waals surface area contributed by atoms with Crippen LogP contribution < -0.4 is 10.5 Å². The summed E-state index contributed by atoms with van der Waals surface area (Å²) in [6.07, 6.45) is 1.98. The number of nitrogens with two attached hydrogens (primary N) is 1. The highest BCUT2D eigenvalue weighted by Gasteiger charge is 2.08. The van der Waals surface area contributed by atoms with Crippen LogP contribution in [0.4, 0.5) is 0 Å². The van der Waals surface area contributed by atoms with Crippen LogP contribution in [0.2, 0.25) is 5.02 Å². The lowest BCUT2D eigenvalue weighted by Gasteiger charge is -2.17. The number of benzene rings is 1. The third-order valence-corrected chi connectivity index (χ3v) is 2.39. The highest BCUT2D eigenvalue weighted by molar-refractivity contribution is 6.32. The zero-order valence-electron chi connectivity index (χ0n) is 8.37. The maximum absolute atomic E-state index is 5.97. The van der Waals surface area contributed by atoms with Crippen LogP contribution in [-0.4, -0.2) is 12.6 Å². The van der Waals surface area contributed by atoms with Gasteiger partial charge in [-0.05, 0) is 31.5 Å². The van der Waals surface area contributed by atoms with Crippen molar-refractivity contribution in [3.05, 3.63) is 29.3 Å². The second-order valence-corrected chi connectivity index (χ2v) is 3.56. The molecule has 0 amide bonds. The van der Waals surface area contributed by atoms with E-state index in [-0.39, 0.29) is 6.10 Å². The van der Waals surface area contributed by atoms with Crippen molar-refractivity contribution in [3.8, 4) is 5.75 Å². The molecule has 0 radical (unpaired) electrons. The molecule has 3 heteroatoms. The summed E-state index contributed by atoms with van der Waals surface area (Å²) < 4.78 is 5.72. The molecule has 1 aromatic rings. The third kappa shape index (κ3) is 3.20. The van der Waals surface area contributed by atoms with Crippen molar-refractivity contribution in [1.29, 1.82) is 0 Å². The van der Waals surface area contributed by atoms with Crippen molar-refractivity contribution in [2.24, 2.45) is 5.73 Å². The summed E-state index contributed by atoms with van der Waals surface area (Å²) in [6.45, 7) is 2.72. The summed E-state index contributed by atoms with van der Waals surface area (Å²) in [5, 5.41) is 0.656. The molecule has 2 nitrogen and oxygen atoms in total. The highest BCUT2D eigenvalue weighted by atomic mass is 35.5. The number of hydrogen-bond donors (Lipinski definition) is 1. The first kappa shape index (κ1) is 11.3. The Labute approximate surface area is 90.0 Å². The molecule has 1 rings (SSSR count). The molecule has 0 fully saturated rings. The second-order valence-electron chi connectivity index (χ2n) is 3.16. The molecule has 1 aromatic carbocycles. The molecule has 2 N–H and O–H groups in total. The van der Waals surface area contributed by atoms with Crippen molar-refractivity contribution in [2.45, 2.75) is 25.9 Å². The van der Waals surface area contributed by atoms with Crippen LogP contribution in [0.25, 0.3) is 0 Å². The summed E-state index contributed by atoms with van der Waals surface area (Å²) in [5.41, 5.74) is 5.48. The average molecular weight is 214 g/mol. The molecule has 0 bridgehead atoms. The lowest BCUT2D eigenvalue weighted by molar-refractivity contribution is 0.189. The number of rotatable bonds is 5. The molecule has 1 unspecified atom stereocenters. The molecule has 0 aliphatic rings. The monoisotopic (exact) mass is 213 g/mol. The first-order valence-electron chi connectivity index (χ1n) is 4.89. The third-order valence-electron chi connectivity index (χ3n) is 2.07. The molecular weight excluding hydrogens is 198 g/mol. The molecule has 78 valence electrons. The molecule has 1 atom stereocenters. The molecule has 0 saturated heterocycles. The fraction of sp³-hybridized carbons (Fsp3) is 0.455. The highest BCUT2D eigenvalue weighted by Crippen LogP contribution is 2.25. The Balaban J connectivity index is 2.62. The zero-order chi connectivity index (χ0) is 10.4. The molecule has 14 heavy (non-hydrogen) atoms. The SMILES string of the molecule is CCC(CCN)Oc1ccccc1Cl.